The maximum Gasteiger partial charge on any atom is 0.272 e. The van der Waals surface area contributed by atoms with Crippen LogP contribution in [0, 0.1) is 6.92 Å². The largest absolute Gasteiger partial charge is 0.476 e. The highest BCUT2D eigenvalue weighted by atomic mass is 35.5. The molecule has 1 atom stereocenters. The molecule has 2 N–H and O–H groups in total. The molecule has 0 aliphatic heterocycles. The van der Waals surface area contributed by atoms with Gasteiger partial charge in [0, 0.05) is 10.6 Å². The SMILES string of the molecule is Cc1cc(Cl)ccc1OC(c1ccccc1)c1nc(C2(N)CCC2)no1. The fraction of sp³-hybridized carbons (Fsp3) is 0.300. The maximum atomic E-state index is 6.33. The summed E-state index contributed by atoms with van der Waals surface area (Å²) < 4.78 is 11.8. The van der Waals surface area contributed by atoms with Gasteiger partial charge in [0.2, 0.25) is 6.10 Å². The van der Waals surface area contributed by atoms with E-state index >= 15 is 0 Å². The maximum absolute atomic E-state index is 6.33. The van der Waals surface area contributed by atoms with E-state index < -0.39 is 11.6 Å². The second kappa shape index (κ2) is 6.74. The van der Waals surface area contributed by atoms with E-state index in [0.29, 0.717) is 22.5 Å². The molecule has 0 saturated heterocycles. The fourth-order valence-corrected chi connectivity index (χ4v) is 3.31. The molecule has 0 radical (unpaired) electrons. The van der Waals surface area contributed by atoms with E-state index in [1.54, 1.807) is 6.07 Å². The standard InChI is InChI=1S/C20H20ClN3O2/c1-13-12-15(21)8-9-16(13)25-17(14-6-3-2-4-7-14)18-23-19(24-26-18)20(22)10-5-11-20/h2-4,6-9,12,17H,5,10-11,22H2,1H3. The summed E-state index contributed by atoms with van der Waals surface area (Å²) in [6.45, 7) is 1.95. The third-order valence-corrected chi connectivity index (χ3v) is 5.08. The highest BCUT2D eigenvalue weighted by Gasteiger charge is 2.40. The van der Waals surface area contributed by atoms with Gasteiger partial charge in [0.25, 0.3) is 5.89 Å². The monoisotopic (exact) mass is 369 g/mol. The van der Waals surface area contributed by atoms with Gasteiger partial charge in [-0.15, -0.1) is 0 Å². The van der Waals surface area contributed by atoms with Crippen LogP contribution < -0.4 is 10.5 Å². The Labute approximate surface area is 157 Å². The molecule has 1 unspecified atom stereocenters. The first kappa shape index (κ1) is 17.1. The van der Waals surface area contributed by atoms with Crippen LogP contribution in [0.15, 0.2) is 53.1 Å². The van der Waals surface area contributed by atoms with Crippen molar-refractivity contribution in [3.8, 4) is 5.75 Å². The minimum atomic E-state index is -0.513. The predicted octanol–water partition coefficient (Wildman–Crippen LogP) is 4.54. The zero-order valence-electron chi connectivity index (χ0n) is 14.5. The molecular formula is C20H20ClN3O2. The van der Waals surface area contributed by atoms with Crippen LogP contribution in [0.25, 0.3) is 0 Å². The van der Waals surface area contributed by atoms with E-state index in [4.69, 9.17) is 26.6 Å². The van der Waals surface area contributed by atoms with E-state index in [1.165, 1.54) is 0 Å². The van der Waals surface area contributed by atoms with Gasteiger partial charge in [0.1, 0.15) is 5.75 Å². The number of rotatable bonds is 5. The van der Waals surface area contributed by atoms with Gasteiger partial charge in [-0.25, -0.2) is 0 Å². The van der Waals surface area contributed by atoms with Gasteiger partial charge >= 0.3 is 0 Å². The quantitative estimate of drug-likeness (QED) is 0.714. The highest BCUT2D eigenvalue weighted by molar-refractivity contribution is 6.30. The van der Waals surface area contributed by atoms with Crippen LogP contribution in [0.4, 0.5) is 0 Å². The normalized spacial score (nSPS) is 16.7. The van der Waals surface area contributed by atoms with E-state index in [0.717, 1.165) is 30.4 Å². The molecule has 134 valence electrons. The van der Waals surface area contributed by atoms with Crippen LogP contribution >= 0.6 is 11.6 Å². The molecule has 3 aromatic rings. The molecule has 1 saturated carbocycles. The molecule has 2 aromatic carbocycles. The van der Waals surface area contributed by atoms with Crippen molar-refractivity contribution in [2.45, 2.75) is 37.8 Å². The Hall–Kier alpha value is -2.37. The van der Waals surface area contributed by atoms with E-state index in [-0.39, 0.29) is 0 Å². The van der Waals surface area contributed by atoms with Crippen molar-refractivity contribution in [2.24, 2.45) is 5.73 Å². The third kappa shape index (κ3) is 3.20. The predicted molar refractivity (Wildman–Crippen MR) is 99.1 cm³/mol. The second-order valence-corrected chi connectivity index (χ2v) is 7.22. The van der Waals surface area contributed by atoms with Crippen molar-refractivity contribution in [3.05, 3.63) is 76.4 Å². The Kier molecular flexibility index (Phi) is 4.42. The smallest absolute Gasteiger partial charge is 0.272 e. The lowest BCUT2D eigenvalue weighted by Crippen LogP contribution is -2.44. The molecule has 4 rings (SSSR count). The molecule has 0 amide bonds. The van der Waals surface area contributed by atoms with Crippen molar-refractivity contribution in [1.29, 1.82) is 0 Å². The van der Waals surface area contributed by atoms with E-state index in [2.05, 4.69) is 10.1 Å². The van der Waals surface area contributed by atoms with Crippen LogP contribution in [0.2, 0.25) is 5.02 Å². The highest BCUT2D eigenvalue weighted by Crippen LogP contribution is 2.38. The Morgan fingerprint density at radius 1 is 1.19 bits per heavy atom. The van der Waals surface area contributed by atoms with Crippen molar-refractivity contribution < 1.29 is 9.26 Å². The van der Waals surface area contributed by atoms with Gasteiger partial charge in [0.15, 0.2) is 5.82 Å². The number of aromatic nitrogens is 2. The average Bonchev–Trinajstić information content (AvgIpc) is 3.10. The number of aryl methyl sites for hydroxylation is 1. The average molecular weight is 370 g/mol. The summed E-state index contributed by atoms with van der Waals surface area (Å²) in [4.78, 5) is 4.57. The molecule has 1 heterocycles. The number of nitrogens with two attached hydrogens (primary N) is 1. The van der Waals surface area contributed by atoms with Crippen LogP contribution in [-0.2, 0) is 5.54 Å². The van der Waals surface area contributed by atoms with E-state index in [9.17, 15) is 0 Å². The fourth-order valence-electron chi connectivity index (χ4n) is 3.09. The molecule has 26 heavy (non-hydrogen) atoms. The Morgan fingerprint density at radius 3 is 2.62 bits per heavy atom. The lowest BCUT2D eigenvalue weighted by Gasteiger charge is -2.34. The van der Waals surface area contributed by atoms with Gasteiger partial charge in [0.05, 0.1) is 5.54 Å². The van der Waals surface area contributed by atoms with Gasteiger partial charge in [-0.1, -0.05) is 47.1 Å². The Bertz CT molecular complexity index is 906. The first-order chi connectivity index (χ1) is 12.5. The number of hydrogen-bond acceptors (Lipinski definition) is 5. The molecule has 0 spiro atoms. The van der Waals surface area contributed by atoms with Crippen molar-refractivity contribution in [2.75, 3.05) is 0 Å². The van der Waals surface area contributed by atoms with Crippen LogP contribution in [0.5, 0.6) is 5.75 Å². The van der Waals surface area contributed by atoms with Gasteiger partial charge in [-0.05, 0) is 49.9 Å². The Morgan fingerprint density at radius 2 is 1.96 bits per heavy atom. The van der Waals surface area contributed by atoms with Gasteiger partial charge in [-0.3, -0.25) is 0 Å². The second-order valence-electron chi connectivity index (χ2n) is 6.78. The molecule has 1 aliphatic rings. The van der Waals surface area contributed by atoms with Crippen LogP contribution in [-0.4, -0.2) is 10.1 Å². The van der Waals surface area contributed by atoms with Gasteiger partial charge < -0.3 is 15.0 Å². The van der Waals surface area contributed by atoms with Crippen LogP contribution in [0.3, 0.4) is 0 Å². The minimum absolute atomic E-state index is 0.400. The third-order valence-electron chi connectivity index (χ3n) is 4.84. The molecule has 1 aliphatic carbocycles. The molecule has 0 bridgehead atoms. The number of hydrogen-bond donors (Lipinski definition) is 1. The van der Waals surface area contributed by atoms with Gasteiger partial charge in [-0.2, -0.15) is 4.98 Å². The topological polar surface area (TPSA) is 74.2 Å². The molecule has 5 nitrogen and oxygen atoms in total. The van der Waals surface area contributed by atoms with Crippen molar-refractivity contribution in [3.63, 3.8) is 0 Å². The summed E-state index contributed by atoms with van der Waals surface area (Å²) in [6, 6.07) is 15.3. The Balaban J connectivity index is 1.70. The molecule has 1 aromatic heterocycles. The first-order valence-electron chi connectivity index (χ1n) is 8.66. The summed E-state index contributed by atoms with van der Waals surface area (Å²) in [6.07, 6.45) is 2.32. The summed E-state index contributed by atoms with van der Waals surface area (Å²) in [5, 5.41) is 4.79. The number of nitrogens with zero attached hydrogens (tertiary/aromatic N) is 2. The lowest BCUT2D eigenvalue weighted by atomic mass is 9.77. The summed E-state index contributed by atoms with van der Waals surface area (Å²) in [5.41, 5.74) is 7.72. The molecule has 1 fully saturated rings. The van der Waals surface area contributed by atoms with Crippen LogP contribution in [0.1, 0.15) is 48.2 Å². The molecular weight excluding hydrogens is 350 g/mol. The zero-order chi connectivity index (χ0) is 18.1. The summed E-state index contributed by atoms with van der Waals surface area (Å²) in [7, 11) is 0. The number of ether oxygens (including phenoxy) is 1. The van der Waals surface area contributed by atoms with Crippen molar-refractivity contribution in [1.82, 2.24) is 10.1 Å². The van der Waals surface area contributed by atoms with E-state index in [1.807, 2.05) is 49.4 Å². The summed E-state index contributed by atoms with van der Waals surface area (Å²) in [5.74, 6) is 1.67. The lowest BCUT2D eigenvalue weighted by molar-refractivity contribution is 0.190. The molecule has 6 heteroatoms. The number of benzene rings is 2. The number of halogens is 1. The zero-order valence-corrected chi connectivity index (χ0v) is 15.2. The van der Waals surface area contributed by atoms with Crippen molar-refractivity contribution >= 4 is 11.6 Å². The minimum Gasteiger partial charge on any atom is -0.476 e. The first-order valence-corrected chi connectivity index (χ1v) is 9.04. The summed E-state index contributed by atoms with van der Waals surface area (Å²) >= 11 is 6.05.